The first-order valence-corrected chi connectivity index (χ1v) is 7.24. The average molecular weight is 268 g/mol. The molecule has 0 aromatic carbocycles. The topological polar surface area (TPSA) is 54.0 Å². The minimum Gasteiger partial charge on any atom is -0.342 e. The van der Waals surface area contributed by atoms with E-state index in [0.29, 0.717) is 5.92 Å². The van der Waals surface area contributed by atoms with Gasteiger partial charge in [-0.25, -0.2) is 9.78 Å². The lowest BCUT2D eigenvalue weighted by atomic mass is 9.60. The molecule has 106 valence electrons. The molecule has 5 rings (SSSR count). The van der Waals surface area contributed by atoms with E-state index in [-0.39, 0.29) is 24.2 Å². The van der Waals surface area contributed by atoms with E-state index in [1.165, 1.54) is 0 Å². The van der Waals surface area contributed by atoms with E-state index in [9.17, 15) is 4.79 Å². The van der Waals surface area contributed by atoms with E-state index in [0.717, 1.165) is 25.7 Å². The van der Waals surface area contributed by atoms with Gasteiger partial charge in [-0.1, -0.05) is 6.92 Å². The van der Waals surface area contributed by atoms with Crippen molar-refractivity contribution in [1.82, 2.24) is 0 Å². The zero-order valence-corrected chi connectivity index (χ0v) is 11.4. The van der Waals surface area contributed by atoms with E-state index in [4.69, 9.17) is 19.2 Å². The summed E-state index contributed by atoms with van der Waals surface area (Å²) >= 11 is 0. The Morgan fingerprint density at radius 2 is 2.05 bits per heavy atom. The van der Waals surface area contributed by atoms with Gasteiger partial charge in [0.25, 0.3) is 0 Å². The van der Waals surface area contributed by atoms with Crippen molar-refractivity contribution in [2.45, 2.75) is 57.2 Å². The Balaban J connectivity index is 1.83. The van der Waals surface area contributed by atoms with E-state index in [2.05, 4.69) is 6.92 Å². The number of carbonyl (C=O) groups is 1. The number of ketones is 1. The largest absolute Gasteiger partial charge is 0.342 e. The fraction of sp³-hybridized carbons (Fsp3) is 0.929. The number of rotatable bonds is 0. The third-order valence-corrected chi connectivity index (χ3v) is 5.48. The molecule has 0 N–H and O–H groups in total. The monoisotopic (exact) mass is 268 g/mol. The van der Waals surface area contributed by atoms with Crippen molar-refractivity contribution < 1.29 is 24.0 Å². The Morgan fingerprint density at radius 3 is 2.89 bits per heavy atom. The number of ether oxygens (including phenoxy) is 2. The molecule has 4 aliphatic heterocycles. The maximum absolute atomic E-state index is 12.2. The highest BCUT2D eigenvalue weighted by atomic mass is 17.3. The van der Waals surface area contributed by atoms with Gasteiger partial charge in [-0.15, -0.1) is 0 Å². The van der Waals surface area contributed by atoms with Crippen LogP contribution < -0.4 is 0 Å². The Kier molecular flexibility index (Phi) is 2.44. The Hall–Kier alpha value is -0.490. The third-order valence-electron chi connectivity index (χ3n) is 5.48. The smallest absolute Gasteiger partial charge is 0.201 e. The molecule has 5 nitrogen and oxygen atoms in total. The number of carbonyl (C=O) groups excluding carboxylic acids is 1. The summed E-state index contributed by atoms with van der Waals surface area (Å²) in [6, 6.07) is 0. The number of Topliss-reactive ketones (excluding diaryl/α,β-unsaturated/α-hetero) is 1. The van der Waals surface area contributed by atoms with Crippen LogP contribution in [0.4, 0.5) is 0 Å². The second-order valence-corrected chi connectivity index (χ2v) is 6.63. The lowest BCUT2D eigenvalue weighted by Gasteiger charge is -2.56. The molecule has 6 atom stereocenters. The van der Waals surface area contributed by atoms with Crippen LogP contribution in [-0.2, 0) is 24.0 Å². The SMILES string of the molecule is C[C@@H]1CC[C@H]2C(=O)CO[C@@H]3O[C@]4(C)CC[C@@H]1[C@]32OO4. The van der Waals surface area contributed by atoms with Gasteiger partial charge < -0.3 is 9.47 Å². The molecule has 5 aliphatic rings. The van der Waals surface area contributed by atoms with E-state index in [1.807, 2.05) is 6.92 Å². The molecule has 1 aliphatic carbocycles. The molecule has 1 spiro atoms. The van der Waals surface area contributed by atoms with E-state index < -0.39 is 17.7 Å². The molecule has 5 fully saturated rings. The zero-order chi connectivity index (χ0) is 13.3. The van der Waals surface area contributed by atoms with Gasteiger partial charge in [0.15, 0.2) is 17.7 Å². The van der Waals surface area contributed by atoms with Gasteiger partial charge in [-0.05, 0) is 38.0 Å². The summed E-state index contributed by atoms with van der Waals surface area (Å²) in [7, 11) is 0. The first-order valence-electron chi connectivity index (χ1n) is 7.24. The lowest BCUT2D eigenvalue weighted by molar-refractivity contribution is -0.558. The predicted octanol–water partition coefficient (Wildman–Crippen LogP) is 1.80. The van der Waals surface area contributed by atoms with E-state index in [1.54, 1.807) is 0 Å². The van der Waals surface area contributed by atoms with Gasteiger partial charge in [0.05, 0.1) is 5.92 Å². The highest BCUT2D eigenvalue weighted by Gasteiger charge is 2.68. The van der Waals surface area contributed by atoms with Crippen LogP contribution in [0.2, 0.25) is 0 Å². The quantitative estimate of drug-likeness (QED) is 0.627. The maximum Gasteiger partial charge on any atom is 0.201 e. The van der Waals surface area contributed by atoms with Crippen LogP contribution in [0.5, 0.6) is 0 Å². The van der Waals surface area contributed by atoms with Crippen LogP contribution in [-0.4, -0.2) is 30.1 Å². The highest BCUT2D eigenvalue weighted by molar-refractivity contribution is 5.84. The maximum atomic E-state index is 12.2. The van der Waals surface area contributed by atoms with Crippen LogP contribution in [0.25, 0.3) is 0 Å². The number of fused-ring (bicyclic) bond motifs is 2. The molecule has 19 heavy (non-hydrogen) atoms. The zero-order valence-electron chi connectivity index (χ0n) is 11.4. The Bertz CT molecular complexity index is 424. The Labute approximate surface area is 112 Å². The third kappa shape index (κ3) is 1.47. The first kappa shape index (κ1) is 12.3. The molecule has 0 aromatic rings. The van der Waals surface area contributed by atoms with Gasteiger partial charge >= 0.3 is 0 Å². The van der Waals surface area contributed by atoms with Gasteiger partial charge in [-0.2, -0.15) is 0 Å². The van der Waals surface area contributed by atoms with Gasteiger partial charge in [0.2, 0.25) is 5.79 Å². The molecule has 4 saturated heterocycles. The fourth-order valence-electron chi connectivity index (χ4n) is 4.42. The molecule has 5 heteroatoms. The molecule has 4 heterocycles. The van der Waals surface area contributed by atoms with Crippen molar-refractivity contribution in [1.29, 1.82) is 0 Å². The number of hydrogen-bond acceptors (Lipinski definition) is 5. The normalized spacial score (nSPS) is 56.6. The van der Waals surface area contributed by atoms with E-state index >= 15 is 0 Å². The van der Waals surface area contributed by atoms with Crippen LogP contribution in [0.15, 0.2) is 0 Å². The summed E-state index contributed by atoms with van der Waals surface area (Å²) in [4.78, 5) is 23.6. The molecular formula is C14H20O5. The van der Waals surface area contributed by atoms with Crippen molar-refractivity contribution >= 4 is 5.78 Å². The summed E-state index contributed by atoms with van der Waals surface area (Å²) in [5.41, 5.74) is -0.719. The van der Waals surface area contributed by atoms with Crippen molar-refractivity contribution in [2.75, 3.05) is 6.61 Å². The second kappa shape index (κ2) is 3.79. The van der Waals surface area contributed by atoms with Gasteiger partial charge in [-0.3, -0.25) is 4.79 Å². The van der Waals surface area contributed by atoms with Crippen LogP contribution in [0.3, 0.4) is 0 Å². The molecule has 0 unspecified atom stereocenters. The minimum atomic E-state index is -0.738. The molecule has 1 saturated carbocycles. The van der Waals surface area contributed by atoms with Crippen molar-refractivity contribution in [3.63, 3.8) is 0 Å². The summed E-state index contributed by atoms with van der Waals surface area (Å²) < 4.78 is 11.7. The standard InChI is InChI=1S/C14H20O5/c1-8-3-4-10-11(15)7-16-12-14(10)9(8)5-6-13(2,17-12)18-19-14/h8-10,12H,3-7H2,1-2H3/t8-,9+,10+,12-,13+,14-/m1/s1. The summed E-state index contributed by atoms with van der Waals surface area (Å²) in [6.45, 7) is 4.25. The van der Waals surface area contributed by atoms with Gasteiger partial charge in [0, 0.05) is 6.42 Å². The minimum absolute atomic E-state index is 0.130. The van der Waals surface area contributed by atoms with Crippen LogP contribution in [0, 0.1) is 17.8 Å². The first-order chi connectivity index (χ1) is 9.05. The van der Waals surface area contributed by atoms with Crippen molar-refractivity contribution in [2.24, 2.45) is 17.8 Å². The second-order valence-electron chi connectivity index (χ2n) is 6.63. The fourth-order valence-corrected chi connectivity index (χ4v) is 4.42. The molecule has 0 amide bonds. The summed E-state index contributed by atoms with van der Waals surface area (Å²) in [5, 5.41) is 0. The Morgan fingerprint density at radius 1 is 1.21 bits per heavy atom. The summed E-state index contributed by atoms with van der Waals surface area (Å²) in [5.74, 6) is 0.0180. The summed E-state index contributed by atoms with van der Waals surface area (Å²) in [6.07, 6.45) is 3.19. The predicted molar refractivity (Wildman–Crippen MR) is 63.8 cm³/mol. The number of hydrogen-bond donors (Lipinski definition) is 0. The average Bonchev–Trinajstić information content (AvgIpc) is 2.61. The lowest BCUT2D eigenvalue weighted by Crippen LogP contribution is -2.69. The van der Waals surface area contributed by atoms with Crippen LogP contribution >= 0.6 is 0 Å². The highest BCUT2D eigenvalue weighted by Crippen LogP contribution is 2.57. The van der Waals surface area contributed by atoms with Crippen LogP contribution in [0.1, 0.15) is 39.5 Å². The molecule has 0 radical (unpaired) electrons. The van der Waals surface area contributed by atoms with Gasteiger partial charge in [0.1, 0.15) is 6.61 Å². The molecule has 0 aromatic heterocycles. The van der Waals surface area contributed by atoms with Crippen molar-refractivity contribution in [3.05, 3.63) is 0 Å². The van der Waals surface area contributed by atoms with Crippen molar-refractivity contribution in [3.8, 4) is 0 Å². The molecular weight excluding hydrogens is 248 g/mol. The molecule has 2 bridgehead atoms.